The van der Waals surface area contributed by atoms with Gasteiger partial charge in [0, 0.05) is 59.4 Å². The second-order valence-electron chi connectivity index (χ2n) is 9.29. The Kier molecular flexibility index (Phi) is 9.67. The van der Waals surface area contributed by atoms with Gasteiger partial charge in [0.15, 0.2) is 0 Å². The summed E-state index contributed by atoms with van der Waals surface area (Å²) in [5.41, 5.74) is 6.65. The lowest BCUT2D eigenvalue weighted by molar-refractivity contribution is -0.0331. The fourth-order valence-electron chi connectivity index (χ4n) is 4.40. The number of hydrogen-bond donors (Lipinski definition) is 2. The smallest absolute Gasteiger partial charge is 0.319 e. The quantitative estimate of drug-likeness (QED) is 0.537. The molecule has 1 atom stereocenters. The molecular weight excluding hydrogens is 458 g/mol. The lowest BCUT2D eigenvalue weighted by Gasteiger charge is -2.38. The summed E-state index contributed by atoms with van der Waals surface area (Å²) in [6.45, 7) is 7.76. The second kappa shape index (κ2) is 12.5. The molecule has 0 aromatic heterocycles. The number of amides is 3. The minimum absolute atomic E-state index is 0.0858. The predicted molar refractivity (Wildman–Crippen MR) is 134 cm³/mol. The highest BCUT2D eigenvalue weighted by atomic mass is 35.5. The number of likely N-dealkylation sites (tertiary alicyclic amines) is 1. The number of nitrogen functional groups attached to an aromatic ring is 1. The number of benzene rings is 1. The zero-order valence-corrected chi connectivity index (χ0v) is 21.3. The van der Waals surface area contributed by atoms with Crippen LogP contribution in [0.15, 0.2) is 12.1 Å². The number of urea groups is 1. The minimum Gasteiger partial charge on any atom is -0.493 e. The largest absolute Gasteiger partial charge is 0.493 e. The Morgan fingerprint density at radius 2 is 2.00 bits per heavy atom. The van der Waals surface area contributed by atoms with Crippen molar-refractivity contribution in [2.75, 3.05) is 72.3 Å². The zero-order valence-electron chi connectivity index (χ0n) is 20.5. The molecule has 2 fully saturated rings. The van der Waals surface area contributed by atoms with E-state index in [1.807, 2.05) is 11.8 Å². The van der Waals surface area contributed by atoms with Gasteiger partial charge in [-0.2, -0.15) is 0 Å². The number of halogens is 1. The standard InChI is InChI=1S/C24H38ClN5O4/c1-4-10-34-22-13-21(26)20(25)12-19(22)23(31)27-14-18-16-29(9-11-33-18)15-17-5-7-30(8-6-17)24(32)28(2)3/h12-13,17-18H,4-11,14-16,26H2,1-3H3,(H,27,31). The number of nitrogens with one attached hydrogen (secondary N) is 1. The molecule has 0 radical (unpaired) electrons. The average Bonchev–Trinajstić information content (AvgIpc) is 2.83. The molecule has 0 spiro atoms. The summed E-state index contributed by atoms with van der Waals surface area (Å²) in [7, 11) is 3.59. The molecule has 3 amide bonds. The van der Waals surface area contributed by atoms with E-state index in [4.69, 9.17) is 26.8 Å². The molecule has 2 aliphatic rings. The van der Waals surface area contributed by atoms with Gasteiger partial charge in [0.2, 0.25) is 0 Å². The van der Waals surface area contributed by atoms with Crippen LogP contribution in [0, 0.1) is 5.92 Å². The van der Waals surface area contributed by atoms with Crippen molar-refractivity contribution >= 4 is 29.2 Å². The lowest BCUT2D eigenvalue weighted by atomic mass is 9.96. The Labute approximate surface area is 207 Å². The Hall–Kier alpha value is -2.23. The number of hydrogen-bond acceptors (Lipinski definition) is 6. The van der Waals surface area contributed by atoms with Crippen LogP contribution in [0.25, 0.3) is 0 Å². The van der Waals surface area contributed by atoms with Gasteiger partial charge in [-0.05, 0) is 31.2 Å². The topological polar surface area (TPSA) is 100 Å². The first-order chi connectivity index (χ1) is 16.3. The highest BCUT2D eigenvalue weighted by Gasteiger charge is 2.28. The van der Waals surface area contributed by atoms with E-state index in [1.165, 1.54) is 0 Å². The second-order valence-corrected chi connectivity index (χ2v) is 9.70. The molecule has 0 saturated carbocycles. The third kappa shape index (κ3) is 7.13. The van der Waals surface area contributed by atoms with Gasteiger partial charge < -0.3 is 30.3 Å². The van der Waals surface area contributed by atoms with E-state index in [-0.39, 0.29) is 18.0 Å². The summed E-state index contributed by atoms with van der Waals surface area (Å²) in [6.07, 6.45) is 2.76. The van der Waals surface area contributed by atoms with Crippen LogP contribution in [-0.4, -0.2) is 99.3 Å². The summed E-state index contributed by atoms with van der Waals surface area (Å²) >= 11 is 6.15. The number of nitrogens with zero attached hydrogens (tertiary/aromatic N) is 3. The van der Waals surface area contributed by atoms with E-state index in [0.29, 0.717) is 47.7 Å². The Morgan fingerprint density at radius 1 is 1.26 bits per heavy atom. The number of carbonyl (C=O) groups is 2. The normalized spacial score (nSPS) is 19.6. The fraction of sp³-hybridized carbons (Fsp3) is 0.667. The molecule has 10 heteroatoms. The van der Waals surface area contributed by atoms with Gasteiger partial charge in [0.1, 0.15) is 5.75 Å². The minimum atomic E-state index is -0.258. The molecule has 1 aromatic rings. The number of ether oxygens (including phenoxy) is 2. The molecule has 1 aromatic carbocycles. The van der Waals surface area contributed by atoms with Gasteiger partial charge in [-0.1, -0.05) is 18.5 Å². The average molecular weight is 496 g/mol. The third-order valence-electron chi connectivity index (χ3n) is 6.30. The maximum Gasteiger partial charge on any atom is 0.319 e. The molecule has 1 unspecified atom stereocenters. The van der Waals surface area contributed by atoms with Crippen LogP contribution in [-0.2, 0) is 4.74 Å². The van der Waals surface area contributed by atoms with E-state index in [1.54, 1.807) is 31.1 Å². The molecule has 2 aliphatic heterocycles. The van der Waals surface area contributed by atoms with Crippen LogP contribution in [0.3, 0.4) is 0 Å². The van der Waals surface area contributed by atoms with Crippen LogP contribution in [0.2, 0.25) is 5.02 Å². The molecule has 9 nitrogen and oxygen atoms in total. The number of piperidine rings is 1. The van der Waals surface area contributed by atoms with E-state index >= 15 is 0 Å². The Balaban J connectivity index is 1.48. The maximum absolute atomic E-state index is 12.9. The van der Waals surface area contributed by atoms with Crippen molar-refractivity contribution in [3.8, 4) is 5.75 Å². The fourth-order valence-corrected chi connectivity index (χ4v) is 4.57. The monoisotopic (exact) mass is 495 g/mol. The molecular formula is C24H38ClN5O4. The van der Waals surface area contributed by atoms with Gasteiger partial charge in [0.05, 0.1) is 35.6 Å². The van der Waals surface area contributed by atoms with Crippen LogP contribution in [0.4, 0.5) is 10.5 Å². The summed E-state index contributed by atoms with van der Waals surface area (Å²) in [4.78, 5) is 31.0. The van der Waals surface area contributed by atoms with Crippen molar-refractivity contribution in [2.24, 2.45) is 5.92 Å². The van der Waals surface area contributed by atoms with Crippen molar-refractivity contribution in [2.45, 2.75) is 32.3 Å². The number of morpholine rings is 1. The first kappa shape index (κ1) is 26.4. The Bertz CT molecular complexity index is 845. The van der Waals surface area contributed by atoms with Crippen molar-refractivity contribution in [3.63, 3.8) is 0 Å². The van der Waals surface area contributed by atoms with Crippen molar-refractivity contribution in [1.82, 2.24) is 20.0 Å². The number of nitrogens with two attached hydrogens (primary N) is 1. The highest BCUT2D eigenvalue weighted by molar-refractivity contribution is 6.33. The van der Waals surface area contributed by atoms with Gasteiger partial charge in [-0.3, -0.25) is 9.69 Å². The maximum atomic E-state index is 12.9. The summed E-state index contributed by atoms with van der Waals surface area (Å²) in [5.74, 6) is 0.743. The van der Waals surface area contributed by atoms with E-state index < -0.39 is 0 Å². The predicted octanol–water partition coefficient (Wildman–Crippen LogP) is 2.54. The van der Waals surface area contributed by atoms with Crippen molar-refractivity contribution in [1.29, 1.82) is 0 Å². The molecule has 3 N–H and O–H groups in total. The van der Waals surface area contributed by atoms with Crippen molar-refractivity contribution in [3.05, 3.63) is 22.7 Å². The van der Waals surface area contributed by atoms with E-state index in [9.17, 15) is 9.59 Å². The molecule has 0 aliphatic carbocycles. The van der Waals surface area contributed by atoms with Gasteiger partial charge in [-0.15, -0.1) is 0 Å². The number of carbonyl (C=O) groups excluding carboxylic acids is 2. The first-order valence-corrected chi connectivity index (χ1v) is 12.5. The van der Waals surface area contributed by atoms with Crippen LogP contribution < -0.4 is 15.8 Å². The summed E-state index contributed by atoms with van der Waals surface area (Å²) < 4.78 is 11.6. The van der Waals surface area contributed by atoms with Crippen LogP contribution >= 0.6 is 11.6 Å². The number of anilines is 1. The Morgan fingerprint density at radius 3 is 2.68 bits per heavy atom. The highest BCUT2D eigenvalue weighted by Crippen LogP contribution is 2.29. The van der Waals surface area contributed by atoms with Crippen LogP contribution in [0.1, 0.15) is 36.5 Å². The number of rotatable bonds is 8. The third-order valence-corrected chi connectivity index (χ3v) is 6.63. The molecule has 34 heavy (non-hydrogen) atoms. The summed E-state index contributed by atoms with van der Waals surface area (Å²) in [5, 5.41) is 3.29. The van der Waals surface area contributed by atoms with Crippen molar-refractivity contribution < 1.29 is 19.1 Å². The lowest BCUT2D eigenvalue weighted by Crippen LogP contribution is -2.50. The van der Waals surface area contributed by atoms with Gasteiger partial charge >= 0.3 is 6.03 Å². The molecule has 0 bridgehead atoms. The van der Waals surface area contributed by atoms with E-state index in [0.717, 1.165) is 52.0 Å². The summed E-state index contributed by atoms with van der Waals surface area (Å²) in [6, 6.07) is 3.24. The van der Waals surface area contributed by atoms with Gasteiger partial charge in [-0.25, -0.2) is 4.79 Å². The van der Waals surface area contributed by atoms with Crippen LogP contribution in [0.5, 0.6) is 5.75 Å². The molecule has 3 rings (SSSR count). The SMILES string of the molecule is CCCOc1cc(N)c(Cl)cc1C(=O)NCC1CN(CC2CCN(C(=O)N(C)C)CC2)CCO1. The van der Waals surface area contributed by atoms with E-state index in [2.05, 4.69) is 10.2 Å². The molecule has 190 valence electrons. The van der Waals surface area contributed by atoms with Gasteiger partial charge in [0.25, 0.3) is 5.91 Å². The first-order valence-electron chi connectivity index (χ1n) is 12.1. The molecule has 2 saturated heterocycles. The zero-order chi connectivity index (χ0) is 24.7. The molecule has 2 heterocycles.